The van der Waals surface area contributed by atoms with E-state index in [0.29, 0.717) is 6.04 Å². The molecule has 1 saturated heterocycles. The van der Waals surface area contributed by atoms with Crippen molar-refractivity contribution in [1.82, 2.24) is 5.32 Å². The van der Waals surface area contributed by atoms with Gasteiger partial charge in [0.05, 0.1) is 7.11 Å². The van der Waals surface area contributed by atoms with E-state index >= 15 is 0 Å². The Kier molecular flexibility index (Phi) is 3.72. The van der Waals surface area contributed by atoms with Crippen molar-refractivity contribution in [3.63, 3.8) is 0 Å². The molecular weight excluding hydrogens is 210 g/mol. The number of hydrogen-bond acceptors (Lipinski definition) is 2. The summed E-state index contributed by atoms with van der Waals surface area (Å²) in [6.45, 7) is 7.68. The highest BCUT2D eigenvalue weighted by molar-refractivity contribution is 5.49. The summed E-state index contributed by atoms with van der Waals surface area (Å²) in [4.78, 5) is 0. The third kappa shape index (κ3) is 2.47. The second-order valence-corrected chi connectivity index (χ2v) is 5.13. The Morgan fingerprint density at radius 2 is 2.06 bits per heavy atom. The quantitative estimate of drug-likeness (QED) is 0.866. The molecule has 1 unspecified atom stereocenters. The molecule has 0 amide bonds. The van der Waals surface area contributed by atoms with E-state index in [9.17, 15) is 0 Å². The van der Waals surface area contributed by atoms with Crippen molar-refractivity contribution in [3.8, 4) is 5.75 Å². The average molecular weight is 233 g/mol. The fourth-order valence-electron chi connectivity index (χ4n) is 2.86. The average Bonchev–Trinajstić information content (AvgIpc) is 2.79. The van der Waals surface area contributed by atoms with Crippen molar-refractivity contribution in [2.75, 3.05) is 13.7 Å². The number of aryl methyl sites for hydroxylation is 1. The summed E-state index contributed by atoms with van der Waals surface area (Å²) in [5.74, 6) is 1.05. The monoisotopic (exact) mass is 233 g/mol. The Hall–Kier alpha value is -1.02. The lowest BCUT2D eigenvalue weighted by Crippen LogP contribution is -2.24. The number of rotatable bonds is 3. The number of methoxy groups -OCH3 is 1. The normalized spacial score (nSPS) is 19.6. The summed E-state index contributed by atoms with van der Waals surface area (Å²) in [6.07, 6.45) is 3.78. The van der Waals surface area contributed by atoms with Crippen molar-refractivity contribution >= 4 is 0 Å². The molecule has 1 aliphatic heterocycles. The van der Waals surface area contributed by atoms with E-state index in [-0.39, 0.29) is 0 Å². The summed E-state index contributed by atoms with van der Waals surface area (Å²) in [5.41, 5.74) is 5.41. The Bertz CT molecular complexity index is 406. The van der Waals surface area contributed by atoms with Crippen LogP contribution in [-0.2, 0) is 6.42 Å². The minimum atomic E-state index is 0.667. The van der Waals surface area contributed by atoms with E-state index in [1.807, 2.05) is 0 Å². The van der Waals surface area contributed by atoms with Crippen molar-refractivity contribution in [2.24, 2.45) is 0 Å². The molecule has 1 heterocycles. The standard InChI is InChI=1S/C15H23NO/c1-10-8-13(9-14-6-5-7-16-14)11(2)12(3)15(10)17-4/h8,14,16H,5-7,9H2,1-4H3. The maximum atomic E-state index is 5.47. The first-order valence-electron chi connectivity index (χ1n) is 6.50. The van der Waals surface area contributed by atoms with Crippen molar-refractivity contribution < 1.29 is 4.74 Å². The highest BCUT2D eigenvalue weighted by atomic mass is 16.5. The lowest BCUT2D eigenvalue weighted by molar-refractivity contribution is 0.407. The second kappa shape index (κ2) is 5.09. The van der Waals surface area contributed by atoms with Gasteiger partial charge < -0.3 is 10.1 Å². The Labute approximate surface area is 104 Å². The molecule has 0 aromatic heterocycles. The largest absolute Gasteiger partial charge is 0.496 e. The highest BCUT2D eigenvalue weighted by Crippen LogP contribution is 2.29. The molecule has 1 aliphatic rings. The summed E-state index contributed by atoms with van der Waals surface area (Å²) >= 11 is 0. The maximum Gasteiger partial charge on any atom is 0.124 e. The van der Waals surface area contributed by atoms with Crippen LogP contribution >= 0.6 is 0 Å². The molecule has 1 atom stereocenters. The van der Waals surface area contributed by atoms with Crippen LogP contribution in [0.1, 0.15) is 35.1 Å². The molecule has 1 fully saturated rings. The lowest BCUT2D eigenvalue weighted by Gasteiger charge is -2.18. The van der Waals surface area contributed by atoms with Gasteiger partial charge >= 0.3 is 0 Å². The highest BCUT2D eigenvalue weighted by Gasteiger charge is 2.17. The Morgan fingerprint density at radius 1 is 1.29 bits per heavy atom. The molecule has 2 heteroatoms. The minimum absolute atomic E-state index is 0.667. The third-order valence-corrected chi connectivity index (χ3v) is 3.97. The third-order valence-electron chi connectivity index (χ3n) is 3.97. The van der Waals surface area contributed by atoms with Crippen LogP contribution in [0.15, 0.2) is 6.07 Å². The van der Waals surface area contributed by atoms with Crippen molar-refractivity contribution in [2.45, 2.75) is 46.1 Å². The topological polar surface area (TPSA) is 21.3 Å². The predicted octanol–water partition coefficient (Wildman–Crippen LogP) is 2.91. The van der Waals surface area contributed by atoms with Gasteiger partial charge in [-0.05, 0) is 68.8 Å². The lowest BCUT2D eigenvalue weighted by atomic mass is 9.94. The van der Waals surface area contributed by atoms with Gasteiger partial charge in [0.2, 0.25) is 0 Å². The van der Waals surface area contributed by atoms with Crippen LogP contribution in [-0.4, -0.2) is 19.7 Å². The number of ether oxygens (including phenoxy) is 1. The van der Waals surface area contributed by atoms with Gasteiger partial charge in [-0.25, -0.2) is 0 Å². The molecule has 17 heavy (non-hydrogen) atoms. The van der Waals surface area contributed by atoms with Crippen LogP contribution in [0.2, 0.25) is 0 Å². The zero-order valence-electron chi connectivity index (χ0n) is 11.4. The Morgan fingerprint density at radius 3 is 2.65 bits per heavy atom. The van der Waals surface area contributed by atoms with Crippen LogP contribution in [0.4, 0.5) is 0 Å². The summed E-state index contributed by atoms with van der Waals surface area (Å²) in [7, 11) is 1.76. The first-order chi connectivity index (χ1) is 8.13. The minimum Gasteiger partial charge on any atom is -0.496 e. The molecule has 0 bridgehead atoms. The molecule has 0 aliphatic carbocycles. The van der Waals surface area contributed by atoms with Gasteiger partial charge in [-0.15, -0.1) is 0 Å². The smallest absolute Gasteiger partial charge is 0.124 e. The molecule has 2 nitrogen and oxygen atoms in total. The van der Waals surface area contributed by atoms with Crippen LogP contribution in [0, 0.1) is 20.8 Å². The maximum absolute atomic E-state index is 5.47. The molecule has 1 N–H and O–H groups in total. The van der Waals surface area contributed by atoms with E-state index < -0.39 is 0 Å². The first kappa shape index (κ1) is 12.4. The molecule has 1 aromatic rings. The first-order valence-corrected chi connectivity index (χ1v) is 6.50. The fraction of sp³-hybridized carbons (Fsp3) is 0.600. The van der Waals surface area contributed by atoms with E-state index in [2.05, 4.69) is 32.2 Å². The van der Waals surface area contributed by atoms with Gasteiger partial charge in [0.15, 0.2) is 0 Å². The van der Waals surface area contributed by atoms with E-state index in [1.165, 1.54) is 41.6 Å². The van der Waals surface area contributed by atoms with Crippen LogP contribution < -0.4 is 10.1 Å². The molecular formula is C15H23NO. The molecule has 0 spiro atoms. The van der Waals surface area contributed by atoms with Gasteiger partial charge in [0, 0.05) is 6.04 Å². The van der Waals surface area contributed by atoms with Gasteiger partial charge in [0.1, 0.15) is 5.75 Å². The zero-order chi connectivity index (χ0) is 12.4. The molecule has 0 radical (unpaired) electrons. The SMILES string of the molecule is COc1c(C)cc(CC2CCCN2)c(C)c1C. The number of benzene rings is 1. The fourth-order valence-corrected chi connectivity index (χ4v) is 2.86. The molecule has 94 valence electrons. The predicted molar refractivity (Wildman–Crippen MR) is 71.9 cm³/mol. The summed E-state index contributed by atoms with van der Waals surface area (Å²) in [5, 5.41) is 3.57. The van der Waals surface area contributed by atoms with Crippen molar-refractivity contribution in [1.29, 1.82) is 0 Å². The van der Waals surface area contributed by atoms with Gasteiger partial charge in [-0.1, -0.05) is 6.07 Å². The molecule has 1 aromatic carbocycles. The van der Waals surface area contributed by atoms with E-state index in [1.54, 1.807) is 7.11 Å². The van der Waals surface area contributed by atoms with Gasteiger partial charge in [0.25, 0.3) is 0 Å². The summed E-state index contributed by atoms with van der Waals surface area (Å²) < 4.78 is 5.47. The molecule has 2 rings (SSSR count). The molecule has 0 saturated carbocycles. The van der Waals surface area contributed by atoms with Gasteiger partial charge in [-0.2, -0.15) is 0 Å². The summed E-state index contributed by atoms with van der Waals surface area (Å²) in [6, 6.07) is 2.96. The Balaban J connectivity index is 2.28. The van der Waals surface area contributed by atoms with Crippen LogP contribution in [0.3, 0.4) is 0 Å². The van der Waals surface area contributed by atoms with Crippen LogP contribution in [0.5, 0.6) is 5.75 Å². The number of nitrogens with one attached hydrogen (secondary N) is 1. The zero-order valence-corrected chi connectivity index (χ0v) is 11.4. The second-order valence-electron chi connectivity index (χ2n) is 5.13. The van der Waals surface area contributed by atoms with Crippen LogP contribution in [0.25, 0.3) is 0 Å². The van der Waals surface area contributed by atoms with E-state index in [4.69, 9.17) is 4.74 Å². The van der Waals surface area contributed by atoms with Gasteiger partial charge in [-0.3, -0.25) is 0 Å². The van der Waals surface area contributed by atoms with Crippen molar-refractivity contribution in [3.05, 3.63) is 28.3 Å². The number of hydrogen-bond donors (Lipinski definition) is 1. The van der Waals surface area contributed by atoms with E-state index in [0.717, 1.165) is 12.2 Å².